The number of ether oxygens (including phenoxy) is 2. The predicted octanol–water partition coefficient (Wildman–Crippen LogP) is 4.11. The number of nitro groups is 1. The number of methoxy groups -OCH3 is 1. The van der Waals surface area contributed by atoms with Crippen LogP contribution < -0.4 is 4.90 Å². The molecule has 0 spiro atoms. The number of hydrogen-bond donors (Lipinski definition) is 0. The van der Waals surface area contributed by atoms with Crippen LogP contribution in [0, 0.1) is 10.1 Å². The molecule has 0 atom stereocenters. The fourth-order valence-electron chi connectivity index (χ4n) is 2.04. The normalized spacial score (nSPS) is 11.2. The van der Waals surface area contributed by atoms with Gasteiger partial charge in [0.25, 0.3) is 5.69 Å². The monoisotopic (exact) mass is 379 g/mol. The molecule has 0 unspecified atom stereocenters. The van der Waals surface area contributed by atoms with Crippen molar-refractivity contribution in [3.8, 4) is 11.3 Å². The molecule has 0 bridgehead atoms. The highest BCUT2D eigenvalue weighted by Gasteiger charge is 2.25. The molecule has 1 heterocycles. The molecular formula is C17H21N3O5S. The third-order valence-electron chi connectivity index (χ3n) is 3.23. The Hall–Kier alpha value is -2.52. The number of thiazole rings is 1. The first-order valence-electron chi connectivity index (χ1n) is 7.91. The molecule has 1 amide bonds. The van der Waals surface area contributed by atoms with E-state index < -0.39 is 16.6 Å². The van der Waals surface area contributed by atoms with E-state index in [9.17, 15) is 14.9 Å². The van der Waals surface area contributed by atoms with Crippen LogP contribution in [0.4, 0.5) is 15.6 Å². The maximum absolute atomic E-state index is 12.5. The van der Waals surface area contributed by atoms with E-state index in [1.165, 1.54) is 28.4 Å². The van der Waals surface area contributed by atoms with Crippen molar-refractivity contribution in [3.63, 3.8) is 0 Å². The van der Waals surface area contributed by atoms with Gasteiger partial charge in [-0.05, 0) is 32.9 Å². The minimum Gasteiger partial charge on any atom is -0.443 e. The van der Waals surface area contributed by atoms with Gasteiger partial charge in [0.2, 0.25) is 0 Å². The van der Waals surface area contributed by atoms with Crippen molar-refractivity contribution >= 4 is 28.2 Å². The summed E-state index contributed by atoms with van der Waals surface area (Å²) >= 11 is 1.29. The van der Waals surface area contributed by atoms with Crippen LogP contribution in [-0.4, -0.2) is 41.9 Å². The van der Waals surface area contributed by atoms with Crippen LogP contribution in [0.3, 0.4) is 0 Å². The zero-order valence-corrected chi connectivity index (χ0v) is 15.9. The molecule has 26 heavy (non-hydrogen) atoms. The van der Waals surface area contributed by atoms with Crippen molar-refractivity contribution in [1.82, 2.24) is 4.98 Å². The average Bonchev–Trinajstić information content (AvgIpc) is 3.03. The molecule has 2 aromatic rings. The number of nitro benzene ring substituents is 1. The van der Waals surface area contributed by atoms with Crippen LogP contribution in [0.15, 0.2) is 29.6 Å². The van der Waals surface area contributed by atoms with E-state index >= 15 is 0 Å². The number of amides is 1. The topological polar surface area (TPSA) is 94.8 Å². The summed E-state index contributed by atoms with van der Waals surface area (Å²) in [6, 6.07) is 6.10. The third-order valence-corrected chi connectivity index (χ3v) is 4.09. The summed E-state index contributed by atoms with van der Waals surface area (Å²) in [5.41, 5.74) is 0.750. The smallest absolute Gasteiger partial charge is 0.416 e. The van der Waals surface area contributed by atoms with Crippen LogP contribution in [0.2, 0.25) is 0 Å². The Morgan fingerprint density at radius 1 is 1.31 bits per heavy atom. The number of non-ortho nitro benzene ring substituents is 1. The summed E-state index contributed by atoms with van der Waals surface area (Å²) in [7, 11) is 1.55. The van der Waals surface area contributed by atoms with Crippen molar-refractivity contribution in [2.75, 3.05) is 25.2 Å². The summed E-state index contributed by atoms with van der Waals surface area (Å²) in [4.78, 5) is 28.7. The Morgan fingerprint density at radius 3 is 2.50 bits per heavy atom. The zero-order valence-electron chi connectivity index (χ0n) is 15.1. The van der Waals surface area contributed by atoms with Crippen LogP contribution in [0.5, 0.6) is 0 Å². The Labute approximate surface area is 155 Å². The van der Waals surface area contributed by atoms with Crippen molar-refractivity contribution in [1.29, 1.82) is 0 Å². The fourth-order valence-corrected chi connectivity index (χ4v) is 2.89. The number of carbonyl (C=O) groups is 1. The number of anilines is 1. The first kappa shape index (κ1) is 19.8. The van der Waals surface area contributed by atoms with E-state index in [1.807, 2.05) is 0 Å². The lowest BCUT2D eigenvalue weighted by molar-refractivity contribution is -0.384. The maximum Gasteiger partial charge on any atom is 0.416 e. The number of benzene rings is 1. The molecule has 0 fully saturated rings. The van der Waals surface area contributed by atoms with Crippen LogP contribution in [-0.2, 0) is 9.47 Å². The summed E-state index contributed by atoms with van der Waals surface area (Å²) in [5.74, 6) is 0. The van der Waals surface area contributed by atoms with Gasteiger partial charge in [-0.15, -0.1) is 11.3 Å². The van der Waals surface area contributed by atoms with E-state index in [0.29, 0.717) is 24.0 Å². The first-order valence-corrected chi connectivity index (χ1v) is 8.79. The van der Waals surface area contributed by atoms with E-state index in [4.69, 9.17) is 9.47 Å². The predicted molar refractivity (Wildman–Crippen MR) is 99.7 cm³/mol. The Balaban J connectivity index is 2.24. The van der Waals surface area contributed by atoms with Crippen LogP contribution in [0.1, 0.15) is 20.8 Å². The van der Waals surface area contributed by atoms with Crippen LogP contribution >= 0.6 is 11.3 Å². The van der Waals surface area contributed by atoms with Crippen molar-refractivity contribution in [3.05, 3.63) is 39.8 Å². The molecule has 0 saturated heterocycles. The van der Waals surface area contributed by atoms with Gasteiger partial charge >= 0.3 is 6.09 Å². The molecule has 0 saturated carbocycles. The second-order valence-electron chi connectivity index (χ2n) is 6.44. The van der Waals surface area contributed by atoms with E-state index in [1.54, 1.807) is 45.4 Å². The highest BCUT2D eigenvalue weighted by molar-refractivity contribution is 7.14. The number of rotatable bonds is 6. The van der Waals surface area contributed by atoms with Gasteiger partial charge in [-0.1, -0.05) is 0 Å². The van der Waals surface area contributed by atoms with Gasteiger partial charge in [0.05, 0.1) is 23.8 Å². The lowest BCUT2D eigenvalue weighted by Crippen LogP contribution is -2.38. The zero-order chi connectivity index (χ0) is 19.3. The van der Waals surface area contributed by atoms with Gasteiger partial charge < -0.3 is 9.47 Å². The van der Waals surface area contributed by atoms with E-state index in [-0.39, 0.29) is 5.69 Å². The Morgan fingerprint density at radius 2 is 1.96 bits per heavy atom. The average molecular weight is 379 g/mol. The highest BCUT2D eigenvalue weighted by atomic mass is 32.1. The third kappa shape index (κ3) is 5.24. The van der Waals surface area contributed by atoms with Crippen molar-refractivity contribution < 1.29 is 19.2 Å². The molecule has 0 N–H and O–H groups in total. The van der Waals surface area contributed by atoms with Crippen molar-refractivity contribution in [2.45, 2.75) is 26.4 Å². The summed E-state index contributed by atoms with van der Waals surface area (Å²) in [6.07, 6.45) is -0.501. The van der Waals surface area contributed by atoms with Gasteiger partial charge in [-0.25, -0.2) is 9.78 Å². The summed E-state index contributed by atoms with van der Waals surface area (Å²) in [5, 5.41) is 13.0. The second-order valence-corrected chi connectivity index (χ2v) is 7.28. The minimum atomic E-state index is -0.624. The summed E-state index contributed by atoms with van der Waals surface area (Å²) in [6.45, 7) is 6.03. The minimum absolute atomic E-state index is 0.0136. The Bertz CT molecular complexity index is 767. The van der Waals surface area contributed by atoms with E-state index in [2.05, 4.69) is 4.98 Å². The molecule has 0 aliphatic rings. The molecule has 140 valence electrons. The highest BCUT2D eigenvalue weighted by Crippen LogP contribution is 2.29. The standard InChI is InChI=1S/C17H21N3O5S/c1-17(2,3)25-16(21)19(9-10-24-4)15-18-14(11-26-15)12-5-7-13(8-6-12)20(22)23/h5-8,11H,9-10H2,1-4H3. The van der Waals surface area contributed by atoms with Crippen molar-refractivity contribution in [2.24, 2.45) is 0 Å². The number of hydrogen-bond acceptors (Lipinski definition) is 7. The number of nitrogens with zero attached hydrogens (tertiary/aromatic N) is 3. The molecule has 0 radical (unpaired) electrons. The molecular weight excluding hydrogens is 358 g/mol. The molecule has 9 heteroatoms. The quantitative estimate of drug-likeness (QED) is 0.554. The van der Waals surface area contributed by atoms with Gasteiger partial charge in [-0.2, -0.15) is 0 Å². The second kappa shape index (κ2) is 8.24. The van der Waals surface area contributed by atoms with E-state index in [0.717, 1.165) is 5.56 Å². The van der Waals surface area contributed by atoms with Gasteiger partial charge in [-0.3, -0.25) is 15.0 Å². The molecule has 2 rings (SSSR count). The lowest BCUT2D eigenvalue weighted by Gasteiger charge is -2.25. The molecule has 1 aromatic heterocycles. The largest absolute Gasteiger partial charge is 0.443 e. The summed E-state index contributed by atoms with van der Waals surface area (Å²) < 4.78 is 10.5. The maximum atomic E-state index is 12.5. The van der Waals surface area contributed by atoms with Gasteiger partial charge in [0.1, 0.15) is 5.60 Å². The Kier molecular flexibility index (Phi) is 6.27. The SMILES string of the molecule is COCCN(C(=O)OC(C)(C)C)c1nc(-c2ccc([N+](=O)[O-])cc2)cs1. The first-order chi connectivity index (χ1) is 12.2. The van der Waals surface area contributed by atoms with Crippen LogP contribution in [0.25, 0.3) is 11.3 Å². The molecule has 8 nitrogen and oxygen atoms in total. The molecule has 0 aliphatic heterocycles. The van der Waals surface area contributed by atoms with Gasteiger partial charge in [0.15, 0.2) is 5.13 Å². The molecule has 1 aromatic carbocycles. The molecule has 0 aliphatic carbocycles. The fraction of sp³-hybridized carbons (Fsp3) is 0.412. The number of aromatic nitrogens is 1. The lowest BCUT2D eigenvalue weighted by atomic mass is 10.1. The van der Waals surface area contributed by atoms with Gasteiger partial charge in [0, 0.05) is 30.2 Å². The number of carbonyl (C=O) groups excluding carboxylic acids is 1.